The summed E-state index contributed by atoms with van der Waals surface area (Å²) in [6.45, 7) is 0. The van der Waals surface area contributed by atoms with E-state index in [4.69, 9.17) is 17.3 Å². The van der Waals surface area contributed by atoms with Gasteiger partial charge in [0.1, 0.15) is 5.75 Å². The highest BCUT2D eigenvalue weighted by Crippen LogP contribution is 2.21. The molecule has 1 atom stereocenters. The molecule has 20 heavy (non-hydrogen) atoms. The summed E-state index contributed by atoms with van der Waals surface area (Å²) in [7, 11) is -1.50. The van der Waals surface area contributed by atoms with Crippen molar-refractivity contribution in [1.82, 2.24) is 0 Å². The van der Waals surface area contributed by atoms with E-state index >= 15 is 0 Å². The van der Waals surface area contributed by atoms with Crippen molar-refractivity contribution >= 4 is 39.7 Å². The quantitative estimate of drug-likeness (QED) is 0.853. The van der Waals surface area contributed by atoms with Crippen LogP contribution >= 0.6 is 11.6 Å². The van der Waals surface area contributed by atoms with Gasteiger partial charge in [-0.1, -0.05) is 29.8 Å². The minimum atomic E-state index is -1.50. The maximum Gasteiger partial charge on any atom is 0.237 e. The van der Waals surface area contributed by atoms with Gasteiger partial charge in [0, 0.05) is 16.4 Å². The fraction of sp³-hybridized carbons (Fsp3) is 0.0714. The number of nitrogen functional groups attached to an aromatic ring is 1. The molecule has 3 N–H and O–H groups in total. The summed E-state index contributed by atoms with van der Waals surface area (Å²) in [5.74, 6) is -0.482. The zero-order chi connectivity index (χ0) is 14.5. The lowest BCUT2D eigenvalue weighted by Crippen LogP contribution is -2.19. The van der Waals surface area contributed by atoms with Gasteiger partial charge in [-0.15, -0.1) is 0 Å². The van der Waals surface area contributed by atoms with Crippen molar-refractivity contribution in [2.75, 3.05) is 16.8 Å². The summed E-state index contributed by atoms with van der Waals surface area (Å²) >= 11 is 5.78. The highest BCUT2D eigenvalue weighted by molar-refractivity contribution is 7.86. The fourth-order valence-corrected chi connectivity index (χ4v) is 2.83. The smallest absolute Gasteiger partial charge is 0.237 e. The number of carbonyl (C=O) groups excluding carboxylic acids is 1. The Morgan fingerprint density at radius 2 is 1.90 bits per heavy atom. The molecule has 2 aromatic carbocycles. The van der Waals surface area contributed by atoms with Crippen LogP contribution < -0.4 is 11.1 Å². The summed E-state index contributed by atoms with van der Waals surface area (Å²) in [6.07, 6.45) is 0. The summed E-state index contributed by atoms with van der Waals surface area (Å²) < 4.78 is 12.1. The van der Waals surface area contributed by atoms with Gasteiger partial charge in [0.15, 0.2) is 0 Å². The molecule has 0 spiro atoms. The SMILES string of the molecule is Nc1cc(Cl)ccc1S(=O)CC(=O)Nc1ccccc1. The molecule has 0 aliphatic carbocycles. The second kappa shape index (κ2) is 6.54. The van der Waals surface area contributed by atoms with Crippen LogP contribution in [0.4, 0.5) is 11.4 Å². The van der Waals surface area contributed by atoms with Gasteiger partial charge in [-0.3, -0.25) is 9.00 Å². The largest absolute Gasteiger partial charge is 0.398 e. The molecule has 2 aromatic rings. The van der Waals surface area contributed by atoms with Gasteiger partial charge in [0.2, 0.25) is 5.91 Å². The summed E-state index contributed by atoms with van der Waals surface area (Å²) in [4.78, 5) is 12.2. The number of anilines is 2. The number of nitrogens with one attached hydrogen (secondary N) is 1. The Morgan fingerprint density at radius 3 is 2.55 bits per heavy atom. The van der Waals surface area contributed by atoms with E-state index in [1.807, 2.05) is 18.2 Å². The maximum atomic E-state index is 12.1. The van der Waals surface area contributed by atoms with Gasteiger partial charge in [0.05, 0.1) is 15.7 Å². The summed E-state index contributed by atoms with van der Waals surface area (Å²) in [5, 5.41) is 3.14. The average Bonchev–Trinajstić information content (AvgIpc) is 2.39. The van der Waals surface area contributed by atoms with Gasteiger partial charge in [-0.25, -0.2) is 0 Å². The Morgan fingerprint density at radius 1 is 1.20 bits per heavy atom. The number of nitrogens with two attached hydrogens (primary N) is 1. The van der Waals surface area contributed by atoms with E-state index in [2.05, 4.69) is 5.32 Å². The van der Waals surface area contributed by atoms with Crippen molar-refractivity contribution in [2.24, 2.45) is 0 Å². The lowest BCUT2D eigenvalue weighted by molar-refractivity contribution is -0.113. The van der Waals surface area contributed by atoms with Crippen molar-refractivity contribution in [2.45, 2.75) is 4.90 Å². The molecule has 6 heteroatoms. The molecule has 0 bridgehead atoms. The van der Waals surface area contributed by atoms with Crippen LogP contribution in [0.25, 0.3) is 0 Å². The minimum Gasteiger partial charge on any atom is -0.398 e. The molecule has 4 nitrogen and oxygen atoms in total. The maximum absolute atomic E-state index is 12.1. The van der Waals surface area contributed by atoms with Gasteiger partial charge in [-0.2, -0.15) is 0 Å². The van der Waals surface area contributed by atoms with Crippen LogP contribution in [0, 0.1) is 0 Å². The molecule has 0 heterocycles. The van der Waals surface area contributed by atoms with Crippen LogP contribution in [0.15, 0.2) is 53.4 Å². The minimum absolute atomic E-state index is 0.152. The van der Waals surface area contributed by atoms with Crippen molar-refractivity contribution < 1.29 is 9.00 Å². The van der Waals surface area contributed by atoms with Gasteiger partial charge in [0.25, 0.3) is 0 Å². The fourth-order valence-electron chi connectivity index (χ4n) is 1.64. The van der Waals surface area contributed by atoms with E-state index in [0.29, 0.717) is 21.3 Å². The molecular formula is C14H13ClN2O2S. The topological polar surface area (TPSA) is 72.2 Å². The van der Waals surface area contributed by atoms with E-state index in [1.54, 1.807) is 24.3 Å². The lowest BCUT2D eigenvalue weighted by atomic mass is 10.3. The van der Waals surface area contributed by atoms with Crippen LogP contribution in [-0.4, -0.2) is 15.9 Å². The van der Waals surface area contributed by atoms with Crippen molar-refractivity contribution in [3.8, 4) is 0 Å². The molecule has 0 fully saturated rings. The summed E-state index contributed by atoms with van der Waals surface area (Å²) in [6, 6.07) is 13.7. The van der Waals surface area contributed by atoms with E-state index in [-0.39, 0.29) is 11.7 Å². The second-order valence-corrected chi connectivity index (χ2v) is 5.94. The van der Waals surface area contributed by atoms with Gasteiger partial charge < -0.3 is 11.1 Å². The third kappa shape index (κ3) is 3.82. The number of carbonyl (C=O) groups is 1. The molecule has 0 radical (unpaired) electrons. The standard InChI is InChI=1S/C14H13ClN2O2S/c15-10-6-7-13(12(16)8-10)20(19)9-14(18)17-11-4-2-1-3-5-11/h1-8H,9,16H2,(H,17,18). The van der Waals surface area contributed by atoms with Crippen molar-refractivity contribution in [1.29, 1.82) is 0 Å². The molecule has 0 aliphatic rings. The Hall–Kier alpha value is -1.85. The number of halogens is 1. The third-order valence-corrected chi connectivity index (χ3v) is 4.16. The van der Waals surface area contributed by atoms with E-state index < -0.39 is 10.8 Å². The molecule has 1 amide bonds. The molecule has 0 aliphatic heterocycles. The Kier molecular flexibility index (Phi) is 4.76. The van der Waals surface area contributed by atoms with Crippen molar-refractivity contribution in [3.63, 3.8) is 0 Å². The molecular weight excluding hydrogens is 296 g/mol. The zero-order valence-corrected chi connectivity index (χ0v) is 12.1. The van der Waals surface area contributed by atoms with E-state index in [0.717, 1.165) is 0 Å². The monoisotopic (exact) mass is 308 g/mol. The predicted octanol–water partition coefficient (Wildman–Crippen LogP) is 2.67. The highest BCUT2D eigenvalue weighted by Gasteiger charge is 2.13. The molecule has 2 rings (SSSR count). The number of hydrogen-bond donors (Lipinski definition) is 2. The van der Waals surface area contributed by atoms with Crippen LogP contribution in [0.1, 0.15) is 0 Å². The Labute approximate surface area is 124 Å². The first-order valence-corrected chi connectivity index (χ1v) is 7.54. The second-order valence-electron chi connectivity index (χ2n) is 4.09. The first kappa shape index (κ1) is 14.6. The highest BCUT2D eigenvalue weighted by atomic mass is 35.5. The zero-order valence-electron chi connectivity index (χ0n) is 10.5. The molecule has 0 saturated carbocycles. The van der Waals surface area contributed by atoms with Crippen molar-refractivity contribution in [3.05, 3.63) is 53.6 Å². The first-order valence-electron chi connectivity index (χ1n) is 5.84. The molecule has 104 valence electrons. The lowest BCUT2D eigenvalue weighted by Gasteiger charge is -2.07. The number of rotatable bonds is 4. The normalized spacial score (nSPS) is 11.8. The van der Waals surface area contributed by atoms with E-state index in [1.165, 1.54) is 6.07 Å². The molecule has 1 unspecified atom stereocenters. The van der Waals surface area contributed by atoms with Crippen LogP contribution in [0.5, 0.6) is 0 Å². The van der Waals surface area contributed by atoms with E-state index in [9.17, 15) is 9.00 Å². The van der Waals surface area contributed by atoms with Gasteiger partial charge in [-0.05, 0) is 30.3 Å². The number of benzene rings is 2. The number of amides is 1. The van der Waals surface area contributed by atoms with Crippen LogP contribution in [0.3, 0.4) is 0 Å². The average molecular weight is 309 g/mol. The predicted molar refractivity (Wildman–Crippen MR) is 82.2 cm³/mol. The Balaban J connectivity index is 2.02. The number of para-hydroxylation sites is 1. The first-order chi connectivity index (χ1) is 9.56. The van der Waals surface area contributed by atoms with Crippen LogP contribution in [0.2, 0.25) is 5.02 Å². The van der Waals surface area contributed by atoms with Gasteiger partial charge >= 0.3 is 0 Å². The van der Waals surface area contributed by atoms with Crippen LogP contribution in [-0.2, 0) is 15.6 Å². The Bertz CT molecular complexity index is 647. The molecule has 0 saturated heterocycles. The molecule has 0 aromatic heterocycles. The third-order valence-electron chi connectivity index (χ3n) is 2.54. The summed E-state index contributed by atoms with van der Waals surface area (Å²) in [5.41, 5.74) is 6.73. The number of hydrogen-bond acceptors (Lipinski definition) is 3.